The van der Waals surface area contributed by atoms with Crippen LogP contribution in [0, 0.1) is 0 Å². The number of anilines is 2. The molecule has 1 aliphatic carbocycles. The van der Waals surface area contributed by atoms with Gasteiger partial charge in [0.25, 0.3) is 0 Å². The summed E-state index contributed by atoms with van der Waals surface area (Å²) in [5, 5.41) is 8.11. The molecular weight excluding hydrogens is 212 g/mol. The molecule has 4 heteroatoms. The van der Waals surface area contributed by atoms with Gasteiger partial charge >= 0.3 is 0 Å². The minimum atomic E-state index is 0.200. The fourth-order valence-electron chi connectivity index (χ4n) is 2.73. The van der Waals surface area contributed by atoms with Gasteiger partial charge in [0.1, 0.15) is 5.82 Å². The van der Waals surface area contributed by atoms with Crippen molar-refractivity contribution in [3.05, 3.63) is 5.69 Å². The fourth-order valence-corrected chi connectivity index (χ4v) is 2.73. The molecule has 0 spiro atoms. The van der Waals surface area contributed by atoms with Crippen molar-refractivity contribution < 1.29 is 0 Å². The second-order valence-corrected chi connectivity index (χ2v) is 5.48. The Morgan fingerprint density at radius 3 is 2.65 bits per heavy atom. The Morgan fingerprint density at radius 2 is 2.06 bits per heavy atom. The van der Waals surface area contributed by atoms with E-state index in [1.807, 2.05) is 11.7 Å². The molecule has 0 unspecified atom stereocenters. The molecule has 1 aromatic heterocycles. The average molecular weight is 236 g/mol. The highest BCUT2D eigenvalue weighted by atomic mass is 15.3. The first-order valence-electron chi connectivity index (χ1n) is 6.65. The lowest BCUT2D eigenvalue weighted by Gasteiger charge is -2.26. The summed E-state index contributed by atoms with van der Waals surface area (Å²) in [4.78, 5) is 0. The van der Waals surface area contributed by atoms with Crippen LogP contribution in [0.25, 0.3) is 0 Å². The molecule has 4 nitrogen and oxygen atoms in total. The van der Waals surface area contributed by atoms with E-state index in [9.17, 15) is 0 Å². The maximum atomic E-state index is 6.18. The second-order valence-electron chi connectivity index (χ2n) is 5.48. The van der Waals surface area contributed by atoms with E-state index >= 15 is 0 Å². The molecule has 3 N–H and O–H groups in total. The van der Waals surface area contributed by atoms with Crippen LogP contribution in [-0.2, 0) is 13.5 Å². The van der Waals surface area contributed by atoms with Crippen molar-refractivity contribution in [3.63, 3.8) is 0 Å². The molecule has 17 heavy (non-hydrogen) atoms. The van der Waals surface area contributed by atoms with Crippen molar-refractivity contribution in [2.24, 2.45) is 7.05 Å². The minimum Gasteiger partial charge on any atom is -0.394 e. The molecule has 96 valence electrons. The molecule has 1 aromatic rings. The molecule has 2 rings (SSSR count). The summed E-state index contributed by atoms with van der Waals surface area (Å²) in [6.45, 7) is 4.44. The summed E-state index contributed by atoms with van der Waals surface area (Å²) in [5.41, 5.74) is 8.24. The highest BCUT2D eigenvalue weighted by molar-refractivity contribution is 5.66. The average Bonchev–Trinajstić information content (AvgIpc) is 2.80. The van der Waals surface area contributed by atoms with Gasteiger partial charge in [-0.2, -0.15) is 5.10 Å². The molecule has 0 atom stereocenters. The highest BCUT2D eigenvalue weighted by Gasteiger charge is 2.30. The molecule has 1 heterocycles. The van der Waals surface area contributed by atoms with Crippen molar-refractivity contribution in [1.29, 1.82) is 0 Å². The number of rotatable bonds is 4. The van der Waals surface area contributed by atoms with E-state index < -0.39 is 0 Å². The summed E-state index contributed by atoms with van der Waals surface area (Å²) in [6.07, 6.45) is 7.10. The van der Waals surface area contributed by atoms with E-state index in [2.05, 4.69) is 24.3 Å². The molecule has 0 bridgehead atoms. The van der Waals surface area contributed by atoms with E-state index in [0.29, 0.717) is 0 Å². The third-order valence-corrected chi connectivity index (χ3v) is 3.77. The zero-order valence-corrected chi connectivity index (χ0v) is 11.2. The molecule has 0 saturated heterocycles. The van der Waals surface area contributed by atoms with Crippen LogP contribution in [-0.4, -0.2) is 15.3 Å². The van der Waals surface area contributed by atoms with Crippen molar-refractivity contribution in [1.82, 2.24) is 9.78 Å². The number of nitrogens with zero attached hydrogens (tertiary/aromatic N) is 2. The third kappa shape index (κ3) is 2.40. The first-order chi connectivity index (χ1) is 8.06. The number of nitrogens with one attached hydrogen (secondary N) is 1. The molecule has 0 aliphatic heterocycles. The maximum Gasteiger partial charge on any atom is 0.148 e. The summed E-state index contributed by atoms with van der Waals surface area (Å²) in [7, 11) is 1.97. The molecule has 1 fully saturated rings. The maximum absolute atomic E-state index is 6.18. The normalized spacial score (nSPS) is 18.5. The van der Waals surface area contributed by atoms with Gasteiger partial charge in [0.15, 0.2) is 0 Å². The zero-order chi connectivity index (χ0) is 12.5. The van der Waals surface area contributed by atoms with Crippen molar-refractivity contribution in [3.8, 4) is 0 Å². The Hall–Kier alpha value is -1.19. The van der Waals surface area contributed by atoms with Crippen LogP contribution in [0.2, 0.25) is 0 Å². The Bertz CT molecular complexity index is 388. The van der Waals surface area contributed by atoms with Gasteiger partial charge in [-0.3, -0.25) is 4.68 Å². The predicted octanol–water partition coefficient (Wildman–Crippen LogP) is 2.70. The van der Waals surface area contributed by atoms with Gasteiger partial charge in [-0.1, -0.05) is 26.2 Å². The van der Waals surface area contributed by atoms with Gasteiger partial charge in [-0.15, -0.1) is 0 Å². The quantitative estimate of drug-likeness (QED) is 0.845. The van der Waals surface area contributed by atoms with Gasteiger partial charge in [-0.25, -0.2) is 0 Å². The van der Waals surface area contributed by atoms with Crippen LogP contribution in [0.3, 0.4) is 0 Å². The summed E-state index contributed by atoms with van der Waals surface area (Å²) in [6, 6.07) is 0. The summed E-state index contributed by atoms with van der Waals surface area (Å²) >= 11 is 0. The fraction of sp³-hybridized carbons (Fsp3) is 0.769. The SMILES string of the molecule is CCCc1nn(C)c(NC2(C)CCCC2)c1N. The summed E-state index contributed by atoms with van der Waals surface area (Å²) in [5.74, 6) is 0.998. The molecule has 1 saturated carbocycles. The first-order valence-corrected chi connectivity index (χ1v) is 6.65. The van der Waals surface area contributed by atoms with E-state index in [1.54, 1.807) is 0 Å². The van der Waals surface area contributed by atoms with Gasteiger partial charge in [0.05, 0.1) is 11.4 Å². The summed E-state index contributed by atoms with van der Waals surface area (Å²) < 4.78 is 1.89. The Labute approximate surface area is 104 Å². The van der Waals surface area contributed by atoms with Crippen LogP contribution in [0.4, 0.5) is 11.5 Å². The van der Waals surface area contributed by atoms with Gasteiger partial charge in [-0.05, 0) is 26.2 Å². The first kappa shape index (κ1) is 12.3. The third-order valence-electron chi connectivity index (χ3n) is 3.77. The zero-order valence-electron chi connectivity index (χ0n) is 11.2. The molecule has 0 aromatic carbocycles. The van der Waals surface area contributed by atoms with Crippen LogP contribution >= 0.6 is 0 Å². The topological polar surface area (TPSA) is 55.9 Å². The Balaban J connectivity index is 2.20. The van der Waals surface area contributed by atoms with Crippen LogP contribution in [0.1, 0.15) is 51.6 Å². The van der Waals surface area contributed by atoms with E-state index in [1.165, 1.54) is 25.7 Å². The van der Waals surface area contributed by atoms with E-state index in [0.717, 1.165) is 30.0 Å². The lowest BCUT2D eigenvalue weighted by Crippen LogP contribution is -2.32. The van der Waals surface area contributed by atoms with E-state index in [4.69, 9.17) is 5.73 Å². The minimum absolute atomic E-state index is 0.200. The predicted molar refractivity (Wildman–Crippen MR) is 72.1 cm³/mol. The second kappa shape index (κ2) is 4.59. The number of nitrogens with two attached hydrogens (primary N) is 1. The molecular formula is C13H24N4. The van der Waals surface area contributed by atoms with Crippen molar-refractivity contribution in [2.75, 3.05) is 11.1 Å². The molecule has 0 radical (unpaired) electrons. The number of hydrogen-bond acceptors (Lipinski definition) is 3. The van der Waals surface area contributed by atoms with Crippen molar-refractivity contribution >= 4 is 11.5 Å². The molecule has 1 aliphatic rings. The van der Waals surface area contributed by atoms with E-state index in [-0.39, 0.29) is 5.54 Å². The van der Waals surface area contributed by atoms with Crippen LogP contribution < -0.4 is 11.1 Å². The van der Waals surface area contributed by atoms with Crippen LogP contribution in [0.5, 0.6) is 0 Å². The number of aryl methyl sites for hydroxylation is 2. The van der Waals surface area contributed by atoms with Gasteiger partial charge < -0.3 is 11.1 Å². The highest BCUT2D eigenvalue weighted by Crippen LogP contribution is 2.35. The standard InChI is InChI=1S/C13H24N4/c1-4-7-10-11(14)12(17(3)16-10)15-13(2)8-5-6-9-13/h15H,4-9,14H2,1-3H3. The lowest BCUT2D eigenvalue weighted by atomic mass is 10.0. The smallest absolute Gasteiger partial charge is 0.148 e. The van der Waals surface area contributed by atoms with Gasteiger partial charge in [0, 0.05) is 12.6 Å². The number of aromatic nitrogens is 2. The van der Waals surface area contributed by atoms with Crippen LogP contribution in [0.15, 0.2) is 0 Å². The van der Waals surface area contributed by atoms with Gasteiger partial charge in [0.2, 0.25) is 0 Å². The number of hydrogen-bond donors (Lipinski definition) is 2. The molecule has 0 amide bonds. The Morgan fingerprint density at radius 1 is 1.41 bits per heavy atom. The van der Waals surface area contributed by atoms with Crippen molar-refractivity contribution in [2.45, 2.75) is 57.9 Å². The monoisotopic (exact) mass is 236 g/mol. The number of nitrogen functional groups attached to an aromatic ring is 1. The largest absolute Gasteiger partial charge is 0.394 e. The Kier molecular flexibility index (Phi) is 3.31. The lowest BCUT2D eigenvalue weighted by molar-refractivity contribution is 0.525.